The maximum atomic E-state index is 12.8. The number of aliphatic hydroxyl groups is 2. The van der Waals surface area contributed by atoms with Crippen LogP contribution in [0.5, 0.6) is 46.0 Å². The van der Waals surface area contributed by atoms with E-state index < -0.39 is 112 Å². The van der Waals surface area contributed by atoms with E-state index in [9.17, 15) is 65.4 Å². The number of rotatable bonds is 8. The van der Waals surface area contributed by atoms with Crippen LogP contribution < -0.4 is 0 Å². The van der Waals surface area contributed by atoms with E-state index >= 15 is 0 Å². The van der Waals surface area contributed by atoms with Crippen LogP contribution in [0, 0.1) is 0 Å². The SMILES string of the molecule is O=C(C=Cc1ccc(O)c(O)c1)O[C@@H]1O[C@H](COC(=O)c2cc(O)c(O)c(O)c2)[C@@H](OC(=O)c2cc(O)c(O)c(O)c2)[C@H](O)[C@H]1O. The molecule has 0 bridgehead atoms. The van der Waals surface area contributed by atoms with Crippen LogP contribution in [0.2, 0.25) is 0 Å². The number of phenols is 8. The molecule has 244 valence electrons. The van der Waals surface area contributed by atoms with E-state index in [1.54, 1.807) is 0 Å². The van der Waals surface area contributed by atoms with Gasteiger partial charge in [-0.25, -0.2) is 14.4 Å². The summed E-state index contributed by atoms with van der Waals surface area (Å²) >= 11 is 0. The van der Waals surface area contributed by atoms with E-state index in [-0.39, 0.29) is 5.56 Å². The number of benzene rings is 3. The Morgan fingerprint density at radius 2 is 1.22 bits per heavy atom. The Kier molecular flexibility index (Phi) is 9.60. The summed E-state index contributed by atoms with van der Waals surface area (Å²) in [5.41, 5.74) is -0.729. The number of carbonyl (C=O) groups excluding carboxylic acids is 3. The number of carbonyl (C=O) groups is 3. The molecule has 0 aromatic heterocycles. The Labute approximate surface area is 257 Å². The lowest BCUT2D eigenvalue weighted by molar-refractivity contribution is -0.290. The molecule has 0 saturated carbocycles. The third kappa shape index (κ3) is 7.24. The van der Waals surface area contributed by atoms with Crippen LogP contribution in [0.1, 0.15) is 26.3 Å². The largest absolute Gasteiger partial charge is 0.504 e. The second kappa shape index (κ2) is 13.4. The molecule has 4 rings (SSSR count). The number of ether oxygens (including phenoxy) is 4. The summed E-state index contributed by atoms with van der Waals surface area (Å²) in [5.74, 6) is -9.96. The van der Waals surface area contributed by atoms with Gasteiger partial charge in [-0.2, -0.15) is 0 Å². The van der Waals surface area contributed by atoms with Crippen molar-refractivity contribution < 1.29 is 84.4 Å². The molecule has 0 spiro atoms. The second-order valence-corrected chi connectivity index (χ2v) is 9.74. The molecule has 0 aliphatic carbocycles. The van der Waals surface area contributed by atoms with Crippen molar-refractivity contribution >= 4 is 24.0 Å². The molecule has 0 radical (unpaired) electrons. The van der Waals surface area contributed by atoms with Gasteiger partial charge < -0.3 is 70.0 Å². The van der Waals surface area contributed by atoms with Gasteiger partial charge in [0.1, 0.15) is 24.9 Å². The topological polar surface area (TPSA) is 290 Å². The number of aliphatic hydroxyl groups excluding tert-OH is 2. The van der Waals surface area contributed by atoms with Crippen LogP contribution >= 0.6 is 0 Å². The molecule has 3 aromatic carbocycles. The Hall–Kier alpha value is -5.91. The van der Waals surface area contributed by atoms with E-state index in [2.05, 4.69) is 0 Å². The number of esters is 3. The molecule has 1 fully saturated rings. The average Bonchev–Trinajstić information content (AvgIpc) is 3.01. The lowest BCUT2D eigenvalue weighted by atomic mass is 9.98. The molecule has 1 heterocycles. The van der Waals surface area contributed by atoms with Crippen LogP contribution in [0.3, 0.4) is 0 Å². The van der Waals surface area contributed by atoms with Crippen LogP contribution in [0.15, 0.2) is 48.5 Å². The quantitative estimate of drug-likeness (QED) is 0.0686. The maximum Gasteiger partial charge on any atom is 0.338 e. The first kappa shape index (κ1) is 33.0. The third-order valence-electron chi connectivity index (χ3n) is 6.52. The molecule has 0 amide bonds. The highest BCUT2D eigenvalue weighted by atomic mass is 16.7. The summed E-state index contributed by atoms with van der Waals surface area (Å²) < 4.78 is 20.9. The number of aromatic hydroxyl groups is 8. The predicted molar refractivity (Wildman–Crippen MR) is 148 cm³/mol. The molecule has 17 nitrogen and oxygen atoms in total. The van der Waals surface area contributed by atoms with Crippen molar-refractivity contribution in [1.82, 2.24) is 0 Å². The highest BCUT2D eigenvalue weighted by molar-refractivity contribution is 5.92. The molecule has 17 heteroatoms. The number of hydrogen-bond donors (Lipinski definition) is 10. The van der Waals surface area contributed by atoms with E-state index in [4.69, 9.17) is 18.9 Å². The second-order valence-electron chi connectivity index (χ2n) is 9.74. The van der Waals surface area contributed by atoms with Crippen LogP contribution in [0.4, 0.5) is 0 Å². The van der Waals surface area contributed by atoms with Crippen LogP contribution in [-0.4, -0.2) is 106 Å². The molecule has 5 atom stereocenters. The smallest absolute Gasteiger partial charge is 0.338 e. The predicted octanol–water partition coefficient (Wildman–Crippen LogP) is 0.417. The number of phenolic OH excluding ortho intramolecular Hbond substituents is 8. The molecular formula is C29H26O17. The van der Waals surface area contributed by atoms with Crippen molar-refractivity contribution in [3.05, 3.63) is 65.2 Å². The van der Waals surface area contributed by atoms with Gasteiger partial charge in [0.2, 0.25) is 6.29 Å². The fraction of sp³-hybridized carbons (Fsp3) is 0.207. The number of hydrogen-bond acceptors (Lipinski definition) is 17. The lowest BCUT2D eigenvalue weighted by Crippen LogP contribution is -2.61. The minimum Gasteiger partial charge on any atom is -0.504 e. The van der Waals surface area contributed by atoms with Gasteiger partial charge in [0.05, 0.1) is 11.1 Å². The molecule has 1 saturated heterocycles. The first-order valence-electron chi connectivity index (χ1n) is 13.0. The van der Waals surface area contributed by atoms with Gasteiger partial charge in [-0.3, -0.25) is 0 Å². The van der Waals surface area contributed by atoms with Crippen LogP contribution in [-0.2, 0) is 23.7 Å². The summed E-state index contributed by atoms with van der Waals surface area (Å²) in [4.78, 5) is 37.9. The zero-order valence-corrected chi connectivity index (χ0v) is 23.1. The first-order chi connectivity index (χ1) is 21.7. The van der Waals surface area contributed by atoms with Crippen molar-refractivity contribution in [2.45, 2.75) is 30.7 Å². The van der Waals surface area contributed by atoms with Crippen molar-refractivity contribution in [2.75, 3.05) is 6.61 Å². The minimum atomic E-state index is -2.08. The fourth-order valence-corrected chi connectivity index (χ4v) is 4.12. The van der Waals surface area contributed by atoms with Gasteiger partial charge in [-0.15, -0.1) is 0 Å². The molecular weight excluding hydrogens is 620 g/mol. The van der Waals surface area contributed by atoms with E-state index in [0.29, 0.717) is 12.1 Å². The fourth-order valence-electron chi connectivity index (χ4n) is 4.12. The third-order valence-corrected chi connectivity index (χ3v) is 6.52. The Morgan fingerprint density at radius 1 is 0.674 bits per heavy atom. The van der Waals surface area contributed by atoms with Gasteiger partial charge in [0.25, 0.3) is 0 Å². The Bertz CT molecular complexity index is 1640. The van der Waals surface area contributed by atoms with E-state index in [1.807, 2.05) is 0 Å². The summed E-state index contributed by atoms with van der Waals surface area (Å²) in [5, 5.41) is 98.4. The van der Waals surface area contributed by atoms with Crippen molar-refractivity contribution in [3.8, 4) is 46.0 Å². The van der Waals surface area contributed by atoms with Gasteiger partial charge in [-0.1, -0.05) is 6.07 Å². The van der Waals surface area contributed by atoms with E-state index in [1.165, 1.54) is 12.1 Å². The van der Waals surface area contributed by atoms with Gasteiger partial charge in [0, 0.05) is 6.08 Å². The molecule has 3 aromatic rings. The van der Waals surface area contributed by atoms with Gasteiger partial charge in [0.15, 0.2) is 52.1 Å². The zero-order chi connectivity index (χ0) is 33.9. The summed E-state index contributed by atoms with van der Waals surface area (Å²) in [6.45, 7) is -0.883. The highest BCUT2D eigenvalue weighted by Crippen LogP contribution is 2.37. The normalized spacial score (nSPS) is 21.0. The Balaban J connectivity index is 1.55. The summed E-state index contributed by atoms with van der Waals surface area (Å²) in [7, 11) is 0. The first-order valence-corrected chi connectivity index (χ1v) is 13.0. The average molecular weight is 647 g/mol. The molecule has 1 aliphatic heterocycles. The summed E-state index contributed by atoms with van der Waals surface area (Å²) in [6, 6.07) is 6.56. The summed E-state index contributed by atoms with van der Waals surface area (Å²) in [6.07, 6.45) is -7.67. The van der Waals surface area contributed by atoms with Crippen LogP contribution in [0.25, 0.3) is 6.08 Å². The highest BCUT2D eigenvalue weighted by Gasteiger charge is 2.49. The Morgan fingerprint density at radius 3 is 1.76 bits per heavy atom. The van der Waals surface area contributed by atoms with Crippen molar-refractivity contribution in [2.24, 2.45) is 0 Å². The maximum absolute atomic E-state index is 12.8. The standard InChI is InChI=1S/C29H26O17/c30-14-3-1-11(5-15(14)31)2-4-21(36)45-29-25(40)24(39)26(46-28(42)13-8-18(34)23(38)19(35)9-13)20(44-29)10-43-27(41)12-6-16(32)22(37)17(33)7-12/h1-9,20,24-26,29-35,37-40H,10H2/t20-,24-,25-,26-,29+/m1/s1. The molecule has 46 heavy (non-hydrogen) atoms. The molecule has 10 N–H and O–H groups in total. The monoisotopic (exact) mass is 646 g/mol. The van der Waals surface area contributed by atoms with Crippen molar-refractivity contribution in [1.29, 1.82) is 0 Å². The van der Waals surface area contributed by atoms with Gasteiger partial charge in [-0.05, 0) is 48.0 Å². The van der Waals surface area contributed by atoms with Crippen molar-refractivity contribution in [3.63, 3.8) is 0 Å². The molecule has 0 unspecified atom stereocenters. The lowest BCUT2D eigenvalue weighted by Gasteiger charge is -2.41. The van der Waals surface area contributed by atoms with Gasteiger partial charge >= 0.3 is 17.9 Å². The minimum absolute atomic E-state index is 0.256. The van der Waals surface area contributed by atoms with E-state index in [0.717, 1.165) is 30.3 Å². The zero-order valence-electron chi connectivity index (χ0n) is 23.1. The molecule has 1 aliphatic rings.